The Morgan fingerprint density at radius 2 is 2.28 bits per heavy atom. The molecule has 98 valence electrons. The number of hydrogen-bond acceptors (Lipinski definition) is 2. The summed E-state index contributed by atoms with van der Waals surface area (Å²) in [7, 11) is 0. The minimum Gasteiger partial charge on any atom is -0.395 e. The zero-order chi connectivity index (χ0) is 13.1. The topological polar surface area (TPSA) is 52.6 Å². The third-order valence-corrected chi connectivity index (χ3v) is 3.42. The molecule has 0 spiro atoms. The summed E-state index contributed by atoms with van der Waals surface area (Å²) in [5.74, 6) is 0. The first-order valence-corrected chi connectivity index (χ1v) is 6.44. The Bertz CT molecular complexity index is 447. The van der Waals surface area contributed by atoms with Crippen molar-refractivity contribution in [2.75, 3.05) is 18.5 Å². The fourth-order valence-corrected chi connectivity index (χ4v) is 1.99. The number of urea groups is 1. The van der Waals surface area contributed by atoms with Gasteiger partial charge in [-0.2, -0.15) is 0 Å². The number of nitrogens with one attached hydrogen (secondary N) is 1. The van der Waals surface area contributed by atoms with E-state index in [4.69, 9.17) is 16.7 Å². The normalized spacial score (nSPS) is 14.4. The van der Waals surface area contributed by atoms with Crippen LogP contribution in [0.5, 0.6) is 0 Å². The maximum absolute atomic E-state index is 12.0. The molecule has 1 aromatic carbocycles. The van der Waals surface area contributed by atoms with Crippen LogP contribution < -0.4 is 5.32 Å². The van der Waals surface area contributed by atoms with Gasteiger partial charge in [0.15, 0.2) is 0 Å². The summed E-state index contributed by atoms with van der Waals surface area (Å²) < 4.78 is 0. The summed E-state index contributed by atoms with van der Waals surface area (Å²) in [5, 5.41) is 12.4. The molecular formula is C13H17ClN2O2. The van der Waals surface area contributed by atoms with Crippen molar-refractivity contribution in [2.45, 2.75) is 25.8 Å². The lowest BCUT2D eigenvalue weighted by Gasteiger charge is -2.21. The number of anilines is 1. The molecule has 0 aliphatic heterocycles. The number of rotatable bonds is 4. The molecule has 0 bridgehead atoms. The predicted molar refractivity (Wildman–Crippen MR) is 72.0 cm³/mol. The Morgan fingerprint density at radius 1 is 1.56 bits per heavy atom. The minimum atomic E-state index is -0.175. The van der Waals surface area contributed by atoms with Gasteiger partial charge in [0.2, 0.25) is 0 Å². The van der Waals surface area contributed by atoms with Gasteiger partial charge in [-0.05, 0) is 37.5 Å². The third-order valence-electron chi connectivity index (χ3n) is 3.01. The van der Waals surface area contributed by atoms with Crippen molar-refractivity contribution in [2.24, 2.45) is 0 Å². The van der Waals surface area contributed by atoms with Gasteiger partial charge in [0.05, 0.1) is 6.61 Å². The first-order valence-electron chi connectivity index (χ1n) is 6.06. The quantitative estimate of drug-likeness (QED) is 0.882. The fraction of sp³-hybridized carbons (Fsp3) is 0.462. The van der Waals surface area contributed by atoms with Gasteiger partial charge < -0.3 is 15.3 Å². The molecule has 0 unspecified atom stereocenters. The van der Waals surface area contributed by atoms with Crippen LogP contribution in [0.15, 0.2) is 18.2 Å². The number of aliphatic hydroxyl groups is 1. The second-order valence-electron chi connectivity index (χ2n) is 4.54. The van der Waals surface area contributed by atoms with Gasteiger partial charge in [-0.25, -0.2) is 4.79 Å². The molecular weight excluding hydrogens is 252 g/mol. The highest BCUT2D eigenvalue weighted by atomic mass is 35.5. The van der Waals surface area contributed by atoms with Crippen molar-refractivity contribution in [3.8, 4) is 0 Å². The van der Waals surface area contributed by atoms with Crippen LogP contribution in [-0.2, 0) is 0 Å². The monoisotopic (exact) mass is 268 g/mol. The van der Waals surface area contributed by atoms with Gasteiger partial charge in [0.25, 0.3) is 0 Å². The number of nitrogens with zero attached hydrogens (tertiary/aromatic N) is 1. The van der Waals surface area contributed by atoms with Crippen LogP contribution in [-0.4, -0.2) is 35.2 Å². The first-order chi connectivity index (χ1) is 8.61. The molecule has 0 aromatic heterocycles. The average molecular weight is 269 g/mol. The van der Waals surface area contributed by atoms with Crippen molar-refractivity contribution < 1.29 is 9.90 Å². The van der Waals surface area contributed by atoms with E-state index in [0.717, 1.165) is 18.4 Å². The molecule has 18 heavy (non-hydrogen) atoms. The van der Waals surface area contributed by atoms with E-state index in [0.29, 0.717) is 17.3 Å². The van der Waals surface area contributed by atoms with Crippen LogP contribution in [0.1, 0.15) is 18.4 Å². The van der Waals surface area contributed by atoms with Gasteiger partial charge in [-0.15, -0.1) is 0 Å². The number of amides is 2. The summed E-state index contributed by atoms with van der Waals surface area (Å²) in [6, 6.07) is 5.53. The molecule has 1 aliphatic carbocycles. The van der Waals surface area contributed by atoms with E-state index in [9.17, 15) is 4.79 Å². The Kier molecular flexibility index (Phi) is 4.09. The second-order valence-corrected chi connectivity index (χ2v) is 4.95. The summed E-state index contributed by atoms with van der Waals surface area (Å²) >= 11 is 6.01. The number of halogens is 1. The molecule has 0 saturated heterocycles. The van der Waals surface area contributed by atoms with Crippen LogP contribution in [0.2, 0.25) is 5.02 Å². The number of carbonyl (C=O) groups is 1. The summed E-state index contributed by atoms with van der Waals surface area (Å²) in [6.07, 6.45) is 2.03. The zero-order valence-corrected chi connectivity index (χ0v) is 11.1. The van der Waals surface area contributed by atoms with E-state index >= 15 is 0 Å². The number of aliphatic hydroxyl groups excluding tert-OH is 1. The van der Waals surface area contributed by atoms with Crippen molar-refractivity contribution in [3.63, 3.8) is 0 Å². The van der Waals surface area contributed by atoms with E-state index < -0.39 is 0 Å². The Hall–Kier alpha value is -1.26. The molecule has 1 aliphatic rings. The van der Waals surface area contributed by atoms with Crippen LogP contribution in [0.25, 0.3) is 0 Å². The highest BCUT2D eigenvalue weighted by Gasteiger charge is 2.32. The largest absolute Gasteiger partial charge is 0.395 e. The molecule has 0 radical (unpaired) electrons. The number of benzene rings is 1. The lowest BCUT2D eigenvalue weighted by atomic mass is 10.2. The van der Waals surface area contributed by atoms with Crippen LogP contribution >= 0.6 is 11.6 Å². The smallest absolute Gasteiger partial charge is 0.322 e. The SMILES string of the molecule is Cc1ccc(NC(=O)N(CCO)C2CC2)cc1Cl. The lowest BCUT2D eigenvalue weighted by Crippen LogP contribution is -2.38. The van der Waals surface area contributed by atoms with Crippen LogP contribution in [0.4, 0.5) is 10.5 Å². The molecule has 0 heterocycles. The lowest BCUT2D eigenvalue weighted by molar-refractivity contribution is 0.185. The molecule has 1 aromatic rings. The molecule has 2 rings (SSSR count). The second kappa shape index (κ2) is 5.59. The summed E-state index contributed by atoms with van der Waals surface area (Å²) in [6.45, 7) is 2.27. The maximum atomic E-state index is 12.0. The fourth-order valence-electron chi connectivity index (χ4n) is 1.81. The van der Waals surface area contributed by atoms with E-state index in [1.54, 1.807) is 11.0 Å². The minimum absolute atomic E-state index is 0.0153. The average Bonchev–Trinajstić information content (AvgIpc) is 3.15. The van der Waals surface area contributed by atoms with Crippen molar-refractivity contribution in [3.05, 3.63) is 28.8 Å². The van der Waals surface area contributed by atoms with Crippen molar-refractivity contribution >= 4 is 23.3 Å². The molecule has 1 fully saturated rings. The number of aryl methyl sites for hydroxylation is 1. The molecule has 2 amide bonds. The van der Waals surface area contributed by atoms with E-state index in [2.05, 4.69) is 5.32 Å². The molecule has 4 nitrogen and oxygen atoms in total. The van der Waals surface area contributed by atoms with Gasteiger partial charge in [0, 0.05) is 23.3 Å². The molecule has 0 atom stereocenters. The Morgan fingerprint density at radius 3 is 2.83 bits per heavy atom. The van der Waals surface area contributed by atoms with Crippen molar-refractivity contribution in [1.82, 2.24) is 4.90 Å². The third kappa shape index (κ3) is 3.15. The zero-order valence-electron chi connectivity index (χ0n) is 10.3. The van der Waals surface area contributed by atoms with Crippen LogP contribution in [0.3, 0.4) is 0 Å². The standard InChI is InChI=1S/C13H17ClN2O2/c1-9-2-3-10(8-12(9)14)15-13(18)16(6-7-17)11-4-5-11/h2-3,8,11,17H,4-7H2,1H3,(H,15,18). The molecule has 5 heteroatoms. The predicted octanol–water partition coefficient (Wildman–Crippen LogP) is 2.64. The van der Waals surface area contributed by atoms with Gasteiger partial charge in [-0.1, -0.05) is 17.7 Å². The highest BCUT2D eigenvalue weighted by Crippen LogP contribution is 2.27. The Labute approximate surface area is 112 Å². The summed E-state index contributed by atoms with van der Waals surface area (Å²) in [5.41, 5.74) is 1.66. The van der Waals surface area contributed by atoms with E-state index in [1.807, 2.05) is 19.1 Å². The van der Waals surface area contributed by atoms with Crippen LogP contribution in [0, 0.1) is 6.92 Å². The van der Waals surface area contributed by atoms with E-state index in [-0.39, 0.29) is 18.7 Å². The number of carbonyl (C=O) groups excluding carboxylic acids is 1. The first kappa shape index (κ1) is 13.2. The van der Waals surface area contributed by atoms with Gasteiger partial charge in [-0.3, -0.25) is 0 Å². The van der Waals surface area contributed by atoms with Gasteiger partial charge >= 0.3 is 6.03 Å². The number of hydrogen-bond donors (Lipinski definition) is 2. The molecule has 2 N–H and O–H groups in total. The Balaban J connectivity index is 2.02. The van der Waals surface area contributed by atoms with Gasteiger partial charge in [0.1, 0.15) is 0 Å². The highest BCUT2D eigenvalue weighted by molar-refractivity contribution is 6.31. The maximum Gasteiger partial charge on any atom is 0.322 e. The van der Waals surface area contributed by atoms with Crippen molar-refractivity contribution in [1.29, 1.82) is 0 Å². The molecule has 1 saturated carbocycles. The van der Waals surface area contributed by atoms with E-state index in [1.165, 1.54) is 0 Å². The summed E-state index contributed by atoms with van der Waals surface area (Å²) in [4.78, 5) is 13.7.